The molecule has 0 N–H and O–H groups in total. The first kappa shape index (κ1) is 14.1. The normalized spacial score (nSPS) is 10.8. The van der Waals surface area contributed by atoms with Gasteiger partial charge in [-0.1, -0.05) is 35.3 Å². The van der Waals surface area contributed by atoms with Gasteiger partial charge >= 0.3 is 0 Å². The zero-order chi connectivity index (χ0) is 12.5. The van der Waals surface area contributed by atoms with Crippen LogP contribution >= 0.6 is 15.9 Å². The molecule has 94 valence electrons. The Morgan fingerprint density at radius 2 is 2.00 bits per heavy atom. The Kier molecular flexibility index (Phi) is 6.78. The lowest BCUT2D eigenvalue weighted by atomic mass is 10.2. The molecule has 0 aliphatic heterocycles. The van der Waals surface area contributed by atoms with Gasteiger partial charge in [-0.05, 0) is 42.1 Å². The van der Waals surface area contributed by atoms with E-state index < -0.39 is 0 Å². The molecule has 1 rings (SSSR count). The van der Waals surface area contributed by atoms with Gasteiger partial charge < -0.3 is 9.47 Å². The van der Waals surface area contributed by atoms with Crippen molar-refractivity contribution < 1.29 is 9.47 Å². The highest BCUT2D eigenvalue weighted by Gasteiger charge is 2.05. The predicted molar refractivity (Wildman–Crippen MR) is 76.0 cm³/mol. The minimum Gasteiger partial charge on any atom is -0.490 e. The monoisotopic (exact) mass is 298 g/mol. The molecule has 0 saturated carbocycles. The second-order valence-electron chi connectivity index (χ2n) is 3.63. The molecule has 0 heterocycles. The van der Waals surface area contributed by atoms with Gasteiger partial charge in [0.2, 0.25) is 0 Å². The fourth-order valence-corrected chi connectivity index (χ4v) is 1.72. The first-order chi connectivity index (χ1) is 8.31. The van der Waals surface area contributed by atoms with E-state index in [1.165, 1.54) is 0 Å². The van der Waals surface area contributed by atoms with Crippen LogP contribution in [0.5, 0.6) is 11.5 Å². The SMILES string of the molecule is CCCCOc1ccc(/C=C/Br)cc1OCC. The average molecular weight is 299 g/mol. The minimum absolute atomic E-state index is 0.644. The molecule has 0 aliphatic carbocycles. The molecule has 3 heteroatoms. The van der Waals surface area contributed by atoms with Crippen molar-refractivity contribution in [2.24, 2.45) is 0 Å². The van der Waals surface area contributed by atoms with E-state index in [-0.39, 0.29) is 0 Å². The zero-order valence-electron chi connectivity index (χ0n) is 10.4. The van der Waals surface area contributed by atoms with Crippen LogP contribution in [0.2, 0.25) is 0 Å². The summed E-state index contributed by atoms with van der Waals surface area (Å²) in [6, 6.07) is 5.97. The highest BCUT2D eigenvalue weighted by atomic mass is 79.9. The van der Waals surface area contributed by atoms with Crippen LogP contribution in [-0.4, -0.2) is 13.2 Å². The maximum absolute atomic E-state index is 5.70. The van der Waals surface area contributed by atoms with Crippen LogP contribution in [0.1, 0.15) is 32.3 Å². The summed E-state index contributed by atoms with van der Waals surface area (Å²) in [7, 11) is 0. The lowest BCUT2D eigenvalue weighted by Gasteiger charge is -2.12. The van der Waals surface area contributed by atoms with E-state index in [1.54, 1.807) is 0 Å². The molecule has 0 radical (unpaired) electrons. The molecule has 2 nitrogen and oxygen atoms in total. The van der Waals surface area contributed by atoms with Gasteiger partial charge in [0.05, 0.1) is 13.2 Å². The Morgan fingerprint density at radius 1 is 1.18 bits per heavy atom. The standard InChI is InChI=1S/C14H19BrO2/c1-3-5-10-17-13-7-6-12(8-9-15)11-14(13)16-4-2/h6-9,11H,3-5,10H2,1-2H3/b9-8+. The summed E-state index contributed by atoms with van der Waals surface area (Å²) in [5, 5.41) is 0. The molecule has 1 aromatic rings. The first-order valence-corrected chi connectivity index (χ1v) is 6.89. The average Bonchev–Trinajstić information content (AvgIpc) is 2.33. The maximum atomic E-state index is 5.70. The maximum Gasteiger partial charge on any atom is 0.161 e. The van der Waals surface area contributed by atoms with Crippen molar-refractivity contribution in [3.63, 3.8) is 0 Å². The lowest BCUT2D eigenvalue weighted by molar-refractivity contribution is 0.272. The molecule has 0 atom stereocenters. The van der Waals surface area contributed by atoms with Crippen LogP contribution in [0.3, 0.4) is 0 Å². The van der Waals surface area contributed by atoms with Gasteiger partial charge in [-0.25, -0.2) is 0 Å². The second-order valence-corrected chi connectivity index (χ2v) is 4.16. The molecule has 0 saturated heterocycles. The topological polar surface area (TPSA) is 18.5 Å². The fourth-order valence-electron chi connectivity index (χ4n) is 1.42. The molecule has 0 bridgehead atoms. The molecule has 0 unspecified atom stereocenters. The number of rotatable bonds is 7. The number of ether oxygens (including phenoxy) is 2. The quantitative estimate of drug-likeness (QED) is 0.683. The van der Waals surface area contributed by atoms with Crippen molar-refractivity contribution in [3.05, 3.63) is 28.7 Å². The third-order valence-corrected chi connectivity index (χ3v) is 2.54. The van der Waals surface area contributed by atoms with Crippen LogP contribution in [0.15, 0.2) is 23.2 Å². The van der Waals surface area contributed by atoms with Gasteiger partial charge in [-0.2, -0.15) is 0 Å². The smallest absolute Gasteiger partial charge is 0.161 e. The van der Waals surface area contributed by atoms with Crippen molar-refractivity contribution in [2.75, 3.05) is 13.2 Å². The summed E-state index contributed by atoms with van der Waals surface area (Å²) in [5.74, 6) is 1.64. The Balaban J connectivity index is 2.79. The number of halogens is 1. The molecular weight excluding hydrogens is 280 g/mol. The van der Waals surface area contributed by atoms with Gasteiger partial charge in [0, 0.05) is 0 Å². The van der Waals surface area contributed by atoms with E-state index in [4.69, 9.17) is 9.47 Å². The van der Waals surface area contributed by atoms with Crippen LogP contribution in [0.25, 0.3) is 6.08 Å². The van der Waals surface area contributed by atoms with Gasteiger partial charge in [0.15, 0.2) is 11.5 Å². The van der Waals surface area contributed by atoms with E-state index in [1.807, 2.05) is 36.2 Å². The Morgan fingerprint density at radius 3 is 2.65 bits per heavy atom. The van der Waals surface area contributed by atoms with Crippen molar-refractivity contribution in [3.8, 4) is 11.5 Å². The van der Waals surface area contributed by atoms with Crippen molar-refractivity contribution >= 4 is 22.0 Å². The van der Waals surface area contributed by atoms with Gasteiger partial charge in [-0.15, -0.1) is 0 Å². The molecule has 0 amide bonds. The number of hydrogen-bond acceptors (Lipinski definition) is 2. The van der Waals surface area contributed by atoms with Gasteiger partial charge in [-0.3, -0.25) is 0 Å². The Bertz CT molecular complexity index is 361. The Labute approximate surface area is 112 Å². The summed E-state index contributed by atoms with van der Waals surface area (Å²) < 4.78 is 11.3. The summed E-state index contributed by atoms with van der Waals surface area (Å²) in [6.45, 7) is 5.51. The van der Waals surface area contributed by atoms with Crippen LogP contribution in [0, 0.1) is 0 Å². The number of unbranched alkanes of at least 4 members (excludes halogenated alkanes) is 1. The largest absolute Gasteiger partial charge is 0.490 e. The third-order valence-electron chi connectivity index (χ3n) is 2.28. The molecule has 0 aromatic heterocycles. The molecule has 1 aromatic carbocycles. The highest BCUT2D eigenvalue weighted by Crippen LogP contribution is 2.29. The van der Waals surface area contributed by atoms with Gasteiger partial charge in [0.25, 0.3) is 0 Å². The predicted octanol–water partition coefficient (Wildman–Crippen LogP) is 4.63. The number of hydrogen-bond donors (Lipinski definition) is 0. The summed E-state index contributed by atoms with van der Waals surface area (Å²) in [6.07, 6.45) is 4.17. The van der Waals surface area contributed by atoms with Crippen molar-refractivity contribution in [1.29, 1.82) is 0 Å². The van der Waals surface area contributed by atoms with Crippen LogP contribution < -0.4 is 9.47 Å². The first-order valence-electron chi connectivity index (χ1n) is 5.98. The summed E-state index contributed by atoms with van der Waals surface area (Å²) in [4.78, 5) is 1.83. The molecule has 0 fully saturated rings. The van der Waals surface area contributed by atoms with E-state index in [0.29, 0.717) is 6.61 Å². The molecule has 0 aliphatic rings. The Hall–Kier alpha value is -0.960. The van der Waals surface area contributed by atoms with Crippen LogP contribution in [0.4, 0.5) is 0 Å². The van der Waals surface area contributed by atoms with Crippen molar-refractivity contribution in [1.82, 2.24) is 0 Å². The third kappa shape index (κ3) is 4.82. The number of benzene rings is 1. The van der Waals surface area contributed by atoms with E-state index in [9.17, 15) is 0 Å². The zero-order valence-corrected chi connectivity index (χ0v) is 12.0. The van der Waals surface area contributed by atoms with Crippen LogP contribution in [-0.2, 0) is 0 Å². The van der Waals surface area contributed by atoms with E-state index in [0.717, 1.165) is 36.5 Å². The molecule has 17 heavy (non-hydrogen) atoms. The van der Waals surface area contributed by atoms with E-state index >= 15 is 0 Å². The minimum atomic E-state index is 0.644. The fraction of sp³-hybridized carbons (Fsp3) is 0.429. The highest BCUT2D eigenvalue weighted by molar-refractivity contribution is 9.11. The van der Waals surface area contributed by atoms with Gasteiger partial charge in [0.1, 0.15) is 0 Å². The van der Waals surface area contributed by atoms with Crippen molar-refractivity contribution in [2.45, 2.75) is 26.7 Å². The van der Waals surface area contributed by atoms with E-state index in [2.05, 4.69) is 22.9 Å². The summed E-state index contributed by atoms with van der Waals surface area (Å²) in [5.41, 5.74) is 1.09. The molecular formula is C14H19BrO2. The summed E-state index contributed by atoms with van der Waals surface area (Å²) >= 11 is 3.27. The molecule has 0 spiro atoms. The second kappa shape index (κ2) is 8.18. The lowest BCUT2D eigenvalue weighted by Crippen LogP contribution is -2.00.